The maximum Gasteiger partial charge on any atom is 0.335 e. The van der Waals surface area contributed by atoms with Gasteiger partial charge >= 0.3 is 5.97 Å². The molecule has 2 heterocycles. The van der Waals surface area contributed by atoms with E-state index in [0.29, 0.717) is 30.9 Å². The molecular formula is C48H77N7O13. The molecule has 0 aliphatic carbocycles. The zero-order chi connectivity index (χ0) is 50.5. The number of imide groups is 1. The van der Waals surface area contributed by atoms with Gasteiger partial charge in [-0.15, -0.1) is 5.06 Å². The van der Waals surface area contributed by atoms with Crippen LogP contribution >= 0.6 is 0 Å². The highest BCUT2D eigenvalue weighted by Gasteiger charge is 2.43. The topological polar surface area (TPSA) is 232 Å². The van der Waals surface area contributed by atoms with Gasteiger partial charge in [0, 0.05) is 53.6 Å². The number of benzene rings is 1. The highest BCUT2D eigenvalue weighted by molar-refractivity contribution is 6.01. The second-order valence-electron chi connectivity index (χ2n) is 18.1. The molecule has 0 bridgehead atoms. The van der Waals surface area contributed by atoms with Crippen molar-refractivity contribution in [1.29, 1.82) is 0 Å². The molecule has 382 valence electrons. The van der Waals surface area contributed by atoms with Crippen molar-refractivity contribution in [3.05, 3.63) is 35.9 Å². The largest absolute Gasteiger partial charge is 0.379 e. The lowest BCUT2D eigenvalue weighted by molar-refractivity contribution is -0.198. The van der Waals surface area contributed by atoms with Crippen LogP contribution in [0.4, 0.5) is 0 Å². The van der Waals surface area contributed by atoms with Crippen LogP contribution in [-0.2, 0) is 68.6 Å². The van der Waals surface area contributed by atoms with E-state index in [9.17, 15) is 38.4 Å². The van der Waals surface area contributed by atoms with Crippen molar-refractivity contribution in [2.24, 2.45) is 17.8 Å². The van der Waals surface area contributed by atoms with E-state index in [1.165, 1.54) is 14.2 Å². The number of carbonyl (C=O) groups excluding carboxylic acids is 8. The van der Waals surface area contributed by atoms with E-state index in [2.05, 4.69) is 16.0 Å². The minimum atomic E-state index is -0.946. The molecule has 7 amide bonds. The minimum absolute atomic E-state index is 0.00717. The van der Waals surface area contributed by atoms with Crippen LogP contribution < -0.4 is 16.0 Å². The Balaban J connectivity index is 1.58. The molecule has 3 N–H and O–H groups in total. The van der Waals surface area contributed by atoms with Crippen LogP contribution in [0.5, 0.6) is 0 Å². The molecule has 68 heavy (non-hydrogen) atoms. The minimum Gasteiger partial charge on any atom is -0.379 e. The summed E-state index contributed by atoms with van der Waals surface area (Å²) in [6.07, 6.45) is 0.630. The second-order valence-corrected chi connectivity index (χ2v) is 18.1. The van der Waals surface area contributed by atoms with E-state index in [-0.39, 0.29) is 101 Å². The van der Waals surface area contributed by atoms with Gasteiger partial charge in [-0.2, -0.15) is 0 Å². The monoisotopic (exact) mass is 960 g/mol. The summed E-state index contributed by atoms with van der Waals surface area (Å²) < 4.78 is 22.9. The van der Waals surface area contributed by atoms with Gasteiger partial charge in [-0.25, -0.2) is 4.79 Å². The number of hydroxylamine groups is 2. The Kier molecular flexibility index (Phi) is 24.5. The molecule has 0 spiro atoms. The molecule has 1 unspecified atom stereocenters. The highest BCUT2D eigenvalue weighted by Crippen LogP contribution is 2.29. The Hall–Kier alpha value is -5.02. The molecule has 2 saturated heterocycles. The van der Waals surface area contributed by atoms with Crippen molar-refractivity contribution in [1.82, 2.24) is 35.7 Å². The van der Waals surface area contributed by atoms with Crippen LogP contribution in [0.25, 0.3) is 0 Å². The quantitative estimate of drug-likeness (QED) is 0.0733. The van der Waals surface area contributed by atoms with Crippen LogP contribution in [0.3, 0.4) is 0 Å². The lowest BCUT2D eigenvalue weighted by Crippen LogP contribution is -2.56. The number of hydrogen-bond donors (Lipinski definition) is 3. The molecule has 0 radical (unpaired) electrons. The molecule has 1 aromatic rings. The van der Waals surface area contributed by atoms with E-state index >= 15 is 0 Å². The molecule has 2 aliphatic rings. The summed E-state index contributed by atoms with van der Waals surface area (Å²) in [7, 11) is 8.34. The van der Waals surface area contributed by atoms with Crippen LogP contribution in [0, 0.1) is 17.8 Å². The first kappa shape index (κ1) is 57.3. The van der Waals surface area contributed by atoms with E-state index in [1.807, 2.05) is 77.0 Å². The summed E-state index contributed by atoms with van der Waals surface area (Å²) in [4.78, 5) is 114. The fraction of sp³-hybridized carbons (Fsp3) is 0.708. The summed E-state index contributed by atoms with van der Waals surface area (Å²) in [5.74, 6) is -4.27. The van der Waals surface area contributed by atoms with Crippen molar-refractivity contribution < 1.29 is 62.1 Å². The van der Waals surface area contributed by atoms with Gasteiger partial charge < -0.3 is 49.5 Å². The zero-order valence-corrected chi connectivity index (χ0v) is 41.8. The maximum absolute atomic E-state index is 14.3. The molecule has 2 fully saturated rings. The summed E-state index contributed by atoms with van der Waals surface area (Å²) in [5.41, 5.74) is 0.831. The average molecular weight is 960 g/mol. The highest BCUT2D eigenvalue weighted by atomic mass is 16.7. The van der Waals surface area contributed by atoms with Crippen LogP contribution in [0.15, 0.2) is 30.3 Å². The van der Waals surface area contributed by atoms with E-state index in [1.54, 1.807) is 23.8 Å². The second kappa shape index (κ2) is 29.1. The molecular weight excluding hydrogens is 883 g/mol. The maximum atomic E-state index is 14.3. The number of rotatable bonds is 30. The number of amides is 7. The van der Waals surface area contributed by atoms with Crippen molar-refractivity contribution >= 4 is 47.3 Å². The molecule has 8 atom stereocenters. The standard InChI is InChI=1S/C48H77N7O13/c1-11-32(4)44(53(8)41(59)30-50-48(63)43(31(2)3)52(6)7)37(64-9)29-40(58)54-23-15-18-36(54)45(65-10)33(5)46(61)51-35(28-34-16-13-12-14-17-34)47(62)49-22-25-67-27-26-66-24-21-42(60)68-55-38(56)19-20-39(55)57/h12-14,16-17,31-33,35-37,43-45H,11,15,18-30H2,1-10H3,(H,49,62)(H,50,63)(H,51,61)/t32-,33-,35+,36+,37-,43?,44+,45-/m1/s1. The fourth-order valence-electron chi connectivity index (χ4n) is 8.87. The first-order chi connectivity index (χ1) is 32.4. The number of nitrogens with zero attached hydrogens (tertiary/aromatic N) is 4. The number of nitrogens with one attached hydrogen (secondary N) is 3. The number of carbonyl (C=O) groups is 8. The number of hydrogen-bond acceptors (Lipinski definition) is 14. The predicted molar refractivity (Wildman–Crippen MR) is 250 cm³/mol. The van der Waals surface area contributed by atoms with Gasteiger partial charge in [-0.3, -0.25) is 38.5 Å². The number of likely N-dealkylation sites (tertiary alicyclic amines) is 1. The van der Waals surface area contributed by atoms with Crippen LogP contribution in [0.2, 0.25) is 0 Å². The summed E-state index contributed by atoms with van der Waals surface area (Å²) in [6, 6.07) is 7.00. The number of likely N-dealkylation sites (N-methyl/N-ethyl adjacent to an activating group) is 2. The van der Waals surface area contributed by atoms with Gasteiger partial charge in [0.2, 0.25) is 29.5 Å². The number of methoxy groups -OCH3 is 2. The third-order valence-electron chi connectivity index (χ3n) is 12.7. The molecule has 20 heteroatoms. The van der Waals surface area contributed by atoms with Crippen molar-refractivity contribution in [2.45, 2.75) is 122 Å². The molecule has 3 rings (SSSR count). The van der Waals surface area contributed by atoms with Gasteiger partial charge in [-0.1, -0.05) is 71.4 Å². The lowest BCUT2D eigenvalue weighted by atomic mass is 9.90. The normalized spacial score (nSPS) is 18.1. The Labute approximate surface area is 401 Å². The summed E-state index contributed by atoms with van der Waals surface area (Å²) in [5, 5.41) is 9.04. The Morgan fingerprint density at radius 3 is 2.06 bits per heavy atom. The average Bonchev–Trinajstić information content (AvgIpc) is 3.92. The predicted octanol–water partition coefficient (Wildman–Crippen LogP) is 1.48. The SMILES string of the molecule is CC[C@@H](C)[C@@H]([C@@H](CC(=O)N1CCC[C@H]1[C@H](OC)[C@@H](C)C(=O)N[C@@H](Cc1ccccc1)C(=O)NCCOCCOCCC(=O)ON1C(=O)CCC1=O)OC)N(C)C(=O)CNC(=O)C(C(C)C)N(C)C. The van der Waals surface area contributed by atoms with Crippen LogP contribution in [-0.4, -0.2) is 185 Å². The van der Waals surface area contributed by atoms with Gasteiger partial charge in [0.15, 0.2) is 0 Å². The van der Waals surface area contributed by atoms with Crippen LogP contribution in [0.1, 0.15) is 85.1 Å². The smallest absolute Gasteiger partial charge is 0.335 e. The third kappa shape index (κ3) is 17.2. The van der Waals surface area contributed by atoms with E-state index in [0.717, 1.165) is 5.56 Å². The number of ether oxygens (including phenoxy) is 4. The van der Waals surface area contributed by atoms with Gasteiger partial charge in [0.05, 0.1) is 82.1 Å². The summed E-state index contributed by atoms with van der Waals surface area (Å²) in [6.45, 7) is 10.4. The van der Waals surface area contributed by atoms with Crippen molar-refractivity contribution in [3.8, 4) is 0 Å². The zero-order valence-electron chi connectivity index (χ0n) is 41.8. The Morgan fingerprint density at radius 2 is 1.47 bits per heavy atom. The Bertz CT molecular complexity index is 1790. The van der Waals surface area contributed by atoms with E-state index in [4.69, 9.17) is 23.8 Å². The third-order valence-corrected chi connectivity index (χ3v) is 12.7. The lowest BCUT2D eigenvalue weighted by Gasteiger charge is -2.39. The first-order valence-electron chi connectivity index (χ1n) is 23.7. The molecule has 0 aromatic heterocycles. The Morgan fingerprint density at radius 1 is 0.824 bits per heavy atom. The fourth-order valence-corrected chi connectivity index (χ4v) is 8.87. The molecule has 0 saturated carbocycles. The van der Waals surface area contributed by atoms with Gasteiger partial charge in [0.1, 0.15) is 6.04 Å². The van der Waals surface area contributed by atoms with Crippen molar-refractivity contribution in [2.75, 3.05) is 81.4 Å². The summed E-state index contributed by atoms with van der Waals surface area (Å²) >= 11 is 0. The van der Waals surface area contributed by atoms with Gasteiger partial charge in [-0.05, 0) is 44.3 Å². The molecule has 20 nitrogen and oxygen atoms in total. The van der Waals surface area contributed by atoms with Gasteiger partial charge in [0.25, 0.3) is 11.8 Å². The first-order valence-corrected chi connectivity index (χ1v) is 23.7. The molecule has 2 aliphatic heterocycles. The van der Waals surface area contributed by atoms with Crippen molar-refractivity contribution in [3.63, 3.8) is 0 Å². The van der Waals surface area contributed by atoms with E-state index < -0.39 is 71.9 Å². The molecule has 1 aromatic carbocycles.